The molecule has 2 aromatic carbocycles. The zero-order valence-electron chi connectivity index (χ0n) is 13.3. The number of carbonyl (C=O) groups excluding carboxylic acids is 1. The molecule has 0 bridgehead atoms. The summed E-state index contributed by atoms with van der Waals surface area (Å²) >= 11 is 0. The highest BCUT2D eigenvalue weighted by molar-refractivity contribution is 5.76. The van der Waals surface area contributed by atoms with Crippen molar-refractivity contribution < 1.29 is 18.7 Å². The summed E-state index contributed by atoms with van der Waals surface area (Å²) in [6.07, 6.45) is 0.211. The van der Waals surface area contributed by atoms with Crippen LogP contribution in [0.5, 0.6) is 11.5 Å². The van der Waals surface area contributed by atoms with Gasteiger partial charge in [0.15, 0.2) is 11.5 Å². The molecule has 0 heterocycles. The smallest absolute Gasteiger partial charge is 0.226 e. The van der Waals surface area contributed by atoms with E-state index in [9.17, 15) is 9.18 Å². The molecule has 0 fully saturated rings. The van der Waals surface area contributed by atoms with Gasteiger partial charge >= 0.3 is 0 Å². The van der Waals surface area contributed by atoms with Gasteiger partial charge in [-0.1, -0.05) is 30.3 Å². The number of ether oxygens (including phenoxy) is 2. The van der Waals surface area contributed by atoms with Crippen LogP contribution in [0.2, 0.25) is 0 Å². The van der Waals surface area contributed by atoms with E-state index in [2.05, 4.69) is 0 Å². The number of benzene rings is 2. The fourth-order valence-electron chi connectivity index (χ4n) is 2.15. The minimum absolute atomic E-state index is 0.108. The van der Waals surface area contributed by atoms with Crippen LogP contribution in [-0.2, 0) is 11.3 Å². The van der Waals surface area contributed by atoms with Crippen molar-refractivity contribution >= 4 is 5.91 Å². The maximum atomic E-state index is 13.6. The topological polar surface area (TPSA) is 38.8 Å². The lowest BCUT2D eigenvalue weighted by atomic mass is 10.2. The normalized spacial score (nSPS) is 10.2. The molecule has 2 aromatic rings. The van der Waals surface area contributed by atoms with Crippen molar-refractivity contribution in [3.63, 3.8) is 0 Å². The molecule has 0 spiro atoms. The lowest BCUT2D eigenvalue weighted by Crippen LogP contribution is -2.27. The van der Waals surface area contributed by atoms with Gasteiger partial charge in [-0.05, 0) is 18.2 Å². The summed E-state index contributed by atoms with van der Waals surface area (Å²) in [5, 5.41) is 0. The molecule has 0 aliphatic rings. The van der Waals surface area contributed by atoms with Gasteiger partial charge in [0.25, 0.3) is 0 Å². The summed E-state index contributed by atoms with van der Waals surface area (Å²) in [6.45, 7) is 0.473. The van der Waals surface area contributed by atoms with Gasteiger partial charge in [0.05, 0.1) is 20.1 Å². The second-order valence-electron chi connectivity index (χ2n) is 5.09. The average Bonchev–Trinajstić information content (AvgIpc) is 2.57. The second kappa shape index (κ2) is 8.17. The summed E-state index contributed by atoms with van der Waals surface area (Å²) in [6, 6.07) is 13.7. The maximum Gasteiger partial charge on any atom is 0.226 e. The molecule has 2 rings (SSSR count). The Balaban J connectivity index is 1.83. The van der Waals surface area contributed by atoms with Crippen LogP contribution in [0, 0.1) is 5.82 Å². The Bertz CT molecular complexity index is 660. The molecule has 5 heteroatoms. The predicted molar refractivity (Wildman–Crippen MR) is 86.0 cm³/mol. The number of hydrogen-bond acceptors (Lipinski definition) is 3. The first kappa shape index (κ1) is 16.8. The number of nitrogens with zero attached hydrogens (tertiary/aromatic N) is 1. The number of methoxy groups -OCH3 is 1. The molecule has 0 atom stereocenters. The minimum atomic E-state index is -0.308. The van der Waals surface area contributed by atoms with E-state index in [4.69, 9.17) is 9.47 Å². The van der Waals surface area contributed by atoms with Gasteiger partial charge in [0, 0.05) is 19.2 Å². The number of rotatable bonds is 7. The average molecular weight is 317 g/mol. The van der Waals surface area contributed by atoms with E-state index in [-0.39, 0.29) is 31.3 Å². The molecular weight excluding hydrogens is 297 g/mol. The van der Waals surface area contributed by atoms with Crippen molar-refractivity contribution in [2.45, 2.75) is 13.0 Å². The van der Waals surface area contributed by atoms with Gasteiger partial charge in [0.1, 0.15) is 5.82 Å². The first-order valence-electron chi connectivity index (χ1n) is 7.35. The first-order chi connectivity index (χ1) is 11.1. The van der Waals surface area contributed by atoms with Gasteiger partial charge in [-0.3, -0.25) is 4.79 Å². The molecule has 0 radical (unpaired) electrons. The van der Waals surface area contributed by atoms with Gasteiger partial charge in [-0.2, -0.15) is 0 Å². The molecule has 0 aromatic heterocycles. The summed E-state index contributed by atoms with van der Waals surface area (Å²) < 4.78 is 24.4. The largest absolute Gasteiger partial charge is 0.493 e. The number of carbonyl (C=O) groups is 1. The molecule has 0 saturated carbocycles. The van der Waals surface area contributed by atoms with E-state index in [1.54, 1.807) is 44.5 Å². The molecule has 23 heavy (non-hydrogen) atoms. The fraction of sp³-hybridized carbons (Fsp3) is 0.278. The summed E-state index contributed by atoms with van der Waals surface area (Å²) in [4.78, 5) is 13.6. The Kier molecular flexibility index (Phi) is 5.97. The summed E-state index contributed by atoms with van der Waals surface area (Å²) in [5.74, 6) is 0.805. The standard InChI is InChI=1S/C18H20FNO3/c1-20(13-14-7-3-4-8-15(14)19)18(21)11-12-23-17-10-6-5-9-16(17)22-2/h3-10H,11-13H2,1-2H3. The van der Waals surface area contributed by atoms with Crippen LogP contribution in [-0.4, -0.2) is 31.6 Å². The van der Waals surface area contributed by atoms with Crippen molar-refractivity contribution in [2.24, 2.45) is 0 Å². The van der Waals surface area contributed by atoms with Crippen LogP contribution in [0.4, 0.5) is 4.39 Å². The lowest BCUT2D eigenvalue weighted by Gasteiger charge is -2.18. The van der Waals surface area contributed by atoms with Crippen LogP contribution < -0.4 is 9.47 Å². The number of para-hydroxylation sites is 2. The second-order valence-corrected chi connectivity index (χ2v) is 5.09. The van der Waals surface area contributed by atoms with Crippen LogP contribution >= 0.6 is 0 Å². The molecule has 0 aliphatic heterocycles. The SMILES string of the molecule is COc1ccccc1OCCC(=O)N(C)Cc1ccccc1F. The van der Waals surface area contributed by atoms with Crippen LogP contribution in [0.1, 0.15) is 12.0 Å². The van der Waals surface area contributed by atoms with Gasteiger partial charge in [-0.15, -0.1) is 0 Å². The van der Waals surface area contributed by atoms with Crippen molar-refractivity contribution in [3.8, 4) is 11.5 Å². The molecule has 0 unspecified atom stereocenters. The van der Waals surface area contributed by atoms with Crippen molar-refractivity contribution in [1.29, 1.82) is 0 Å². The van der Waals surface area contributed by atoms with Gasteiger partial charge in [-0.25, -0.2) is 4.39 Å². The molecule has 0 aliphatic carbocycles. The van der Waals surface area contributed by atoms with E-state index in [1.807, 2.05) is 12.1 Å². The first-order valence-corrected chi connectivity index (χ1v) is 7.35. The number of hydrogen-bond donors (Lipinski definition) is 0. The van der Waals surface area contributed by atoms with E-state index in [1.165, 1.54) is 11.0 Å². The predicted octanol–water partition coefficient (Wildman–Crippen LogP) is 3.26. The lowest BCUT2D eigenvalue weighted by molar-refractivity contribution is -0.130. The van der Waals surface area contributed by atoms with Crippen molar-refractivity contribution in [2.75, 3.05) is 20.8 Å². The third-order valence-electron chi connectivity index (χ3n) is 3.43. The highest BCUT2D eigenvalue weighted by atomic mass is 19.1. The van der Waals surface area contributed by atoms with Gasteiger partial charge < -0.3 is 14.4 Å². The number of amides is 1. The molecule has 1 amide bonds. The Labute approximate surface area is 135 Å². The Morgan fingerprint density at radius 2 is 1.74 bits per heavy atom. The highest BCUT2D eigenvalue weighted by Gasteiger charge is 2.12. The molecular formula is C18H20FNO3. The van der Waals surface area contributed by atoms with Crippen LogP contribution in [0.15, 0.2) is 48.5 Å². The number of halogens is 1. The third kappa shape index (κ3) is 4.71. The summed E-state index contributed by atoms with van der Waals surface area (Å²) in [5.41, 5.74) is 0.494. The van der Waals surface area contributed by atoms with Gasteiger partial charge in [0.2, 0.25) is 5.91 Å². The van der Waals surface area contributed by atoms with Crippen LogP contribution in [0.3, 0.4) is 0 Å². The molecule has 0 N–H and O–H groups in total. The van der Waals surface area contributed by atoms with Crippen molar-refractivity contribution in [1.82, 2.24) is 4.90 Å². The summed E-state index contributed by atoms with van der Waals surface area (Å²) in [7, 11) is 3.22. The van der Waals surface area contributed by atoms with E-state index < -0.39 is 0 Å². The molecule has 0 saturated heterocycles. The molecule has 4 nitrogen and oxygen atoms in total. The van der Waals surface area contributed by atoms with E-state index in [0.717, 1.165) is 0 Å². The Morgan fingerprint density at radius 1 is 1.09 bits per heavy atom. The Morgan fingerprint density at radius 3 is 2.43 bits per heavy atom. The minimum Gasteiger partial charge on any atom is -0.493 e. The Hall–Kier alpha value is -2.56. The third-order valence-corrected chi connectivity index (χ3v) is 3.43. The maximum absolute atomic E-state index is 13.6. The zero-order valence-corrected chi connectivity index (χ0v) is 13.3. The van der Waals surface area contributed by atoms with E-state index >= 15 is 0 Å². The van der Waals surface area contributed by atoms with Crippen molar-refractivity contribution in [3.05, 3.63) is 59.9 Å². The zero-order chi connectivity index (χ0) is 16.7. The quantitative estimate of drug-likeness (QED) is 0.787. The molecule has 122 valence electrons. The highest BCUT2D eigenvalue weighted by Crippen LogP contribution is 2.25. The van der Waals surface area contributed by atoms with E-state index in [0.29, 0.717) is 17.1 Å². The monoisotopic (exact) mass is 317 g/mol. The fourth-order valence-corrected chi connectivity index (χ4v) is 2.15. The van der Waals surface area contributed by atoms with Crippen LogP contribution in [0.25, 0.3) is 0 Å².